The van der Waals surface area contributed by atoms with Crippen molar-refractivity contribution in [3.63, 3.8) is 0 Å². The van der Waals surface area contributed by atoms with E-state index in [1.54, 1.807) is 26.7 Å². The number of alkyl halides is 1. The van der Waals surface area contributed by atoms with Gasteiger partial charge in [0.25, 0.3) is 11.8 Å². The van der Waals surface area contributed by atoms with Crippen LogP contribution in [0.25, 0.3) is 0 Å². The number of likely N-dealkylation sites (tertiary alicyclic amines) is 2. The molecule has 1 aromatic heterocycles. The van der Waals surface area contributed by atoms with E-state index in [-0.39, 0.29) is 37.7 Å². The van der Waals surface area contributed by atoms with Crippen molar-refractivity contribution < 1.29 is 14.0 Å². The molecular formula is C16H23FN4O2. The minimum absolute atomic E-state index is 0.0777. The van der Waals surface area contributed by atoms with E-state index in [0.29, 0.717) is 25.3 Å². The van der Waals surface area contributed by atoms with Gasteiger partial charge in [0.1, 0.15) is 5.69 Å². The van der Waals surface area contributed by atoms with Gasteiger partial charge in [-0.3, -0.25) is 14.3 Å². The smallest absolute Gasteiger partial charge is 0.272 e. The lowest BCUT2D eigenvalue weighted by atomic mass is 9.91. The normalized spacial score (nSPS) is 20.8. The molecule has 6 nitrogen and oxygen atoms in total. The van der Waals surface area contributed by atoms with Crippen molar-refractivity contribution in [3.8, 4) is 0 Å². The lowest BCUT2D eigenvalue weighted by molar-refractivity contribution is -0.145. The highest BCUT2D eigenvalue weighted by atomic mass is 19.1. The fourth-order valence-corrected chi connectivity index (χ4v) is 3.41. The average Bonchev–Trinajstić information content (AvgIpc) is 3.25. The summed E-state index contributed by atoms with van der Waals surface area (Å²) in [5.74, 6) is -0.527. The average molecular weight is 322 g/mol. The predicted octanol–water partition coefficient (Wildman–Crippen LogP) is 1.47. The number of amides is 2. The predicted molar refractivity (Wildman–Crippen MR) is 82.7 cm³/mol. The van der Waals surface area contributed by atoms with Crippen molar-refractivity contribution in [3.05, 3.63) is 18.0 Å². The van der Waals surface area contributed by atoms with E-state index >= 15 is 0 Å². The Kier molecular flexibility index (Phi) is 4.37. The van der Waals surface area contributed by atoms with Gasteiger partial charge in [0.15, 0.2) is 5.67 Å². The second-order valence-corrected chi connectivity index (χ2v) is 6.29. The molecular weight excluding hydrogens is 299 g/mol. The van der Waals surface area contributed by atoms with Crippen LogP contribution in [-0.4, -0.2) is 63.2 Å². The van der Waals surface area contributed by atoms with Crippen LogP contribution < -0.4 is 0 Å². The van der Waals surface area contributed by atoms with E-state index in [4.69, 9.17) is 0 Å². The molecule has 0 unspecified atom stereocenters. The minimum Gasteiger partial charge on any atom is -0.340 e. The number of aryl methyl sites for hydroxylation is 1. The van der Waals surface area contributed by atoms with Crippen LogP contribution >= 0.6 is 0 Å². The maximum absolute atomic E-state index is 15.0. The Hall–Kier alpha value is -1.92. The maximum Gasteiger partial charge on any atom is 0.272 e. The molecule has 23 heavy (non-hydrogen) atoms. The Labute approximate surface area is 135 Å². The van der Waals surface area contributed by atoms with E-state index in [0.717, 1.165) is 12.8 Å². The molecule has 2 aliphatic rings. The summed E-state index contributed by atoms with van der Waals surface area (Å²) in [6, 6.07) is 1.68. The fourth-order valence-electron chi connectivity index (χ4n) is 3.41. The number of carbonyl (C=O) groups is 2. The van der Waals surface area contributed by atoms with E-state index in [2.05, 4.69) is 5.10 Å². The summed E-state index contributed by atoms with van der Waals surface area (Å²) in [4.78, 5) is 28.1. The molecule has 7 heteroatoms. The molecule has 2 amide bonds. The maximum atomic E-state index is 15.0. The SMILES string of the molecule is CCn1nccc1C(=O)N1CCC(F)(C(=O)N2CCCC2)CC1. The van der Waals surface area contributed by atoms with Crippen molar-refractivity contribution in [2.75, 3.05) is 26.2 Å². The van der Waals surface area contributed by atoms with Gasteiger partial charge in [-0.25, -0.2) is 4.39 Å². The number of aromatic nitrogens is 2. The number of halogens is 1. The fraction of sp³-hybridized carbons (Fsp3) is 0.688. The molecule has 0 bridgehead atoms. The van der Waals surface area contributed by atoms with Gasteiger partial charge in [-0.05, 0) is 25.8 Å². The summed E-state index contributed by atoms with van der Waals surface area (Å²) in [6.45, 7) is 4.38. The third kappa shape index (κ3) is 2.96. The molecule has 0 radical (unpaired) electrons. The Morgan fingerprint density at radius 2 is 1.83 bits per heavy atom. The highest BCUT2D eigenvalue weighted by Crippen LogP contribution is 2.30. The van der Waals surface area contributed by atoms with E-state index in [1.807, 2.05) is 6.92 Å². The van der Waals surface area contributed by atoms with Gasteiger partial charge in [0, 0.05) is 51.8 Å². The molecule has 0 spiro atoms. The largest absolute Gasteiger partial charge is 0.340 e. The molecule has 3 heterocycles. The quantitative estimate of drug-likeness (QED) is 0.847. The van der Waals surface area contributed by atoms with Crippen LogP contribution in [0.3, 0.4) is 0 Å². The van der Waals surface area contributed by atoms with Crippen LogP contribution in [0.1, 0.15) is 43.1 Å². The van der Waals surface area contributed by atoms with Gasteiger partial charge in [-0.2, -0.15) is 5.10 Å². The molecule has 1 aromatic rings. The van der Waals surface area contributed by atoms with E-state index < -0.39 is 5.67 Å². The Balaban J connectivity index is 1.63. The zero-order valence-electron chi connectivity index (χ0n) is 13.5. The van der Waals surface area contributed by atoms with Crippen molar-refractivity contribution >= 4 is 11.8 Å². The first-order chi connectivity index (χ1) is 11.0. The van der Waals surface area contributed by atoms with Crippen molar-refractivity contribution in [1.82, 2.24) is 19.6 Å². The summed E-state index contributed by atoms with van der Waals surface area (Å²) in [6.07, 6.45) is 3.65. The van der Waals surface area contributed by atoms with Crippen molar-refractivity contribution in [1.29, 1.82) is 0 Å². The summed E-state index contributed by atoms with van der Waals surface area (Å²) < 4.78 is 16.6. The topological polar surface area (TPSA) is 58.4 Å². The van der Waals surface area contributed by atoms with Crippen LogP contribution in [0.5, 0.6) is 0 Å². The first kappa shape index (κ1) is 16.0. The van der Waals surface area contributed by atoms with Crippen LogP contribution in [0.15, 0.2) is 12.3 Å². The van der Waals surface area contributed by atoms with Crippen LogP contribution in [0.2, 0.25) is 0 Å². The number of hydrogen-bond donors (Lipinski definition) is 0. The molecule has 3 rings (SSSR count). The van der Waals surface area contributed by atoms with Crippen molar-refractivity contribution in [2.24, 2.45) is 0 Å². The molecule has 126 valence electrons. The lowest BCUT2D eigenvalue weighted by Crippen LogP contribution is -2.53. The number of nitrogens with zero attached hydrogens (tertiary/aromatic N) is 4. The third-order valence-electron chi connectivity index (χ3n) is 4.85. The first-order valence-corrected chi connectivity index (χ1v) is 8.34. The Morgan fingerprint density at radius 3 is 2.43 bits per heavy atom. The van der Waals surface area contributed by atoms with Gasteiger partial charge in [0.2, 0.25) is 0 Å². The number of rotatable bonds is 3. The summed E-state index contributed by atoms with van der Waals surface area (Å²) in [5, 5.41) is 4.09. The third-order valence-corrected chi connectivity index (χ3v) is 4.85. The molecule has 0 aromatic carbocycles. The van der Waals surface area contributed by atoms with Gasteiger partial charge in [-0.1, -0.05) is 0 Å². The Morgan fingerprint density at radius 1 is 1.17 bits per heavy atom. The summed E-state index contributed by atoms with van der Waals surface area (Å²) in [5.41, 5.74) is -1.30. The molecule has 0 aliphatic carbocycles. The second-order valence-electron chi connectivity index (χ2n) is 6.29. The highest BCUT2D eigenvalue weighted by Gasteiger charge is 2.45. The molecule has 0 N–H and O–H groups in total. The van der Waals surface area contributed by atoms with Gasteiger partial charge < -0.3 is 9.80 Å². The standard InChI is InChI=1S/C16H23FN4O2/c1-2-21-13(5-8-18-21)14(22)19-11-6-16(17,7-12-19)15(23)20-9-3-4-10-20/h5,8H,2-4,6-7,9-12H2,1H3. The molecule has 2 aliphatic heterocycles. The highest BCUT2D eigenvalue weighted by molar-refractivity contribution is 5.93. The number of carbonyl (C=O) groups excluding carboxylic acids is 2. The molecule has 0 saturated carbocycles. The first-order valence-electron chi connectivity index (χ1n) is 8.34. The van der Waals surface area contributed by atoms with Gasteiger partial charge in [0.05, 0.1) is 0 Å². The second kappa shape index (κ2) is 6.29. The zero-order valence-corrected chi connectivity index (χ0v) is 13.5. The van der Waals surface area contributed by atoms with Crippen LogP contribution in [0, 0.1) is 0 Å². The molecule has 2 saturated heterocycles. The lowest BCUT2D eigenvalue weighted by Gasteiger charge is -2.37. The molecule has 0 atom stereocenters. The minimum atomic E-state index is -1.81. The molecule has 2 fully saturated rings. The van der Waals surface area contributed by atoms with Crippen molar-refractivity contribution in [2.45, 2.75) is 44.8 Å². The van der Waals surface area contributed by atoms with E-state index in [1.165, 1.54) is 0 Å². The number of hydrogen-bond acceptors (Lipinski definition) is 3. The van der Waals surface area contributed by atoms with E-state index in [9.17, 15) is 14.0 Å². The summed E-state index contributed by atoms with van der Waals surface area (Å²) in [7, 11) is 0. The van der Waals surface area contributed by atoms with Gasteiger partial charge in [-0.15, -0.1) is 0 Å². The summed E-state index contributed by atoms with van der Waals surface area (Å²) >= 11 is 0. The Bertz CT molecular complexity index is 587. The van der Waals surface area contributed by atoms with Crippen LogP contribution in [-0.2, 0) is 11.3 Å². The monoisotopic (exact) mass is 322 g/mol. The van der Waals surface area contributed by atoms with Crippen LogP contribution in [0.4, 0.5) is 4.39 Å². The number of piperidine rings is 1. The zero-order chi connectivity index (χ0) is 16.4. The van der Waals surface area contributed by atoms with Gasteiger partial charge >= 0.3 is 0 Å².